The van der Waals surface area contributed by atoms with E-state index in [2.05, 4.69) is 25.7 Å². The Kier molecular flexibility index (Phi) is 2.06. The van der Waals surface area contributed by atoms with Crippen molar-refractivity contribution in [3.8, 4) is 0 Å². The van der Waals surface area contributed by atoms with E-state index in [1.807, 2.05) is 0 Å². The Labute approximate surface area is 65.3 Å². The van der Waals surface area contributed by atoms with E-state index in [1.165, 1.54) is 7.11 Å². The van der Waals surface area contributed by atoms with E-state index in [9.17, 15) is 4.79 Å². The van der Waals surface area contributed by atoms with Crippen LogP contribution in [0.1, 0.15) is 10.5 Å². The Morgan fingerprint density at radius 1 is 1.90 bits per heavy atom. The summed E-state index contributed by atoms with van der Waals surface area (Å²) >= 11 is 2.98. The first-order valence-corrected chi connectivity index (χ1v) is 3.22. The van der Waals surface area contributed by atoms with Gasteiger partial charge in [0.15, 0.2) is 6.39 Å². The van der Waals surface area contributed by atoms with Crippen molar-refractivity contribution in [3.63, 3.8) is 0 Å². The maximum atomic E-state index is 10.7. The van der Waals surface area contributed by atoms with Crippen LogP contribution in [0.3, 0.4) is 0 Å². The van der Waals surface area contributed by atoms with Crippen LogP contribution < -0.4 is 0 Å². The molecule has 1 aromatic heterocycles. The third kappa shape index (κ3) is 1.18. The predicted molar refractivity (Wildman–Crippen MR) is 35.5 cm³/mol. The first-order chi connectivity index (χ1) is 4.75. The van der Waals surface area contributed by atoms with Gasteiger partial charge in [-0.05, 0) is 15.9 Å². The molecule has 0 aliphatic rings. The molecule has 0 aliphatic carbocycles. The van der Waals surface area contributed by atoms with Crippen molar-refractivity contribution in [3.05, 3.63) is 16.8 Å². The molecule has 10 heavy (non-hydrogen) atoms. The number of rotatable bonds is 1. The zero-order valence-corrected chi connectivity index (χ0v) is 6.71. The highest BCUT2D eigenvalue weighted by molar-refractivity contribution is 9.10. The highest BCUT2D eigenvalue weighted by Gasteiger charge is 2.13. The monoisotopic (exact) mass is 205 g/mol. The van der Waals surface area contributed by atoms with E-state index in [4.69, 9.17) is 4.42 Å². The molecule has 1 heterocycles. The lowest BCUT2D eigenvalue weighted by Crippen LogP contribution is -2.01. The zero-order valence-electron chi connectivity index (χ0n) is 5.13. The van der Waals surface area contributed by atoms with Gasteiger partial charge in [0.2, 0.25) is 10.4 Å². The van der Waals surface area contributed by atoms with Gasteiger partial charge in [0, 0.05) is 0 Å². The molecule has 0 aliphatic heterocycles. The largest absolute Gasteiger partial charge is 0.464 e. The van der Waals surface area contributed by atoms with Gasteiger partial charge in [-0.2, -0.15) is 0 Å². The summed E-state index contributed by atoms with van der Waals surface area (Å²) in [6.45, 7) is 0. The Morgan fingerprint density at radius 2 is 2.60 bits per heavy atom. The molecule has 0 fully saturated rings. The maximum Gasteiger partial charge on any atom is 0.361 e. The second-order valence-electron chi connectivity index (χ2n) is 1.47. The van der Waals surface area contributed by atoms with Crippen LogP contribution in [-0.2, 0) is 4.74 Å². The standard InChI is InChI=1S/C5H4BrNO3/c1-9-5(8)3-4(6)10-2-7-3/h2H,1H3. The molecule has 0 N–H and O–H groups in total. The molecular weight excluding hydrogens is 202 g/mol. The SMILES string of the molecule is COC(=O)c1ncoc1Br. The maximum absolute atomic E-state index is 10.7. The number of carbonyl (C=O) groups is 1. The van der Waals surface area contributed by atoms with E-state index in [0.29, 0.717) is 4.67 Å². The molecule has 0 amide bonds. The molecule has 0 atom stereocenters. The smallest absolute Gasteiger partial charge is 0.361 e. The number of esters is 1. The molecule has 0 radical (unpaired) electrons. The number of hydrogen-bond donors (Lipinski definition) is 0. The number of hydrogen-bond acceptors (Lipinski definition) is 4. The molecule has 0 saturated carbocycles. The zero-order chi connectivity index (χ0) is 7.56. The van der Waals surface area contributed by atoms with E-state index < -0.39 is 5.97 Å². The lowest BCUT2D eigenvalue weighted by atomic mass is 10.5. The number of nitrogens with zero attached hydrogens (tertiary/aromatic N) is 1. The normalized spacial score (nSPS) is 9.40. The summed E-state index contributed by atoms with van der Waals surface area (Å²) in [5, 5.41) is 0. The van der Waals surface area contributed by atoms with Crippen LogP contribution >= 0.6 is 15.9 Å². The number of halogens is 1. The predicted octanol–water partition coefficient (Wildman–Crippen LogP) is 1.22. The van der Waals surface area contributed by atoms with Crippen LogP contribution in [0.4, 0.5) is 0 Å². The van der Waals surface area contributed by atoms with E-state index in [0.717, 1.165) is 6.39 Å². The van der Waals surface area contributed by atoms with Gasteiger partial charge >= 0.3 is 5.97 Å². The number of carbonyl (C=O) groups excluding carboxylic acids is 1. The second kappa shape index (κ2) is 2.83. The Balaban J connectivity index is 2.93. The Bertz CT molecular complexity index is 245. The van der Waals surface area contributed by atoms with Gasteiger partial charge in [-0.3, -0.25) is 0 Å². The summed E-state index contributed by atoms with van der Waals surface area (Å²) in [7, 11) is 1.28. The minimum Gasteiger partial charge on any atom is -0.464 e. The highest BCUT2D eigenvalue weighted by Crippen LogP contribution is 2.14. The van der Waals surface area contributed by atoms with Crippen molar-refractivity contribution in [2.75, 3.05) is 7.11 Å². The van der Waals surface area contributed by atoms with Crippen LogP contribution in [0.15, 0.2) is 15.5 Å². The van der Waals surface area contributed by atoms with E-state index >= 15 is 0 Å². The van der Waals surface area contributed by atoms with Crippen LogP contribution in [-0.4, -0.2) is 18.1 Å². The summed E-state index contributed by atoms with van der Waals surface area (Å²) in [5.41, 5.74) is 0.155. The van der Waals surface area contributed by atoms with Crippen molar-refractivity contribution in [1.82, 2.24) is 4.98 Å². The third-order valence-electron chi connectivity index (χ3n) is 0.903. The molecule has 1 rings (SSSR count). The molecule has 0 saturated heterocycles. The Morgan fingerprint density at radius 3 is 3.00 bits per heavy atom. The van der Waals surface area contributed by atoms with Crippen molar-refractivity contribution in [1.29, 1.82) is 0 Å². The number of ether oxygens (including phenoxy) is 1. The average molecular weight is 206 g/mol. The highest BCUT2D eigenvalue weighted by atomic mass is 79.9. The van der Waals surface area contributed by atoms with Gasteiger partial charge in [0.25, 0.3) is 0 Å². The summed E-state index contributed by atoms with van der Waals surface area (Å²) < 4.78 is 9.37. The van der Waals surface area contributed by atoms with Gasteiger partial charge in [-0.25, -0.2) is 9.78 Å². The van der Waals surface area contributed by atoms with Gasteiger partial charge in [-0.1, -0.05) is 0 Å². The molecule has 0 bridgehead atoms. The minimum absolute atomic E-state index is 0.155. The molecule has 0 spiro atoms. The van der Waals surface area contributed by atoms with Gasteiger partial charge in [-0.15, -0.1) is 0 Å². The quantitative estimate of drug-likeness (QED) is 0.648. The summed E-state index contributed by atoms with van der Waals surface area (Å²) in [4.78, 5) is 14.3. The molecule has 0 unspecified atom stereocenters. The molecule has 4 nitrogen and oxygen atoms in total. The summed E-state index contributed by atoms with van der Waals surface area (Å²) in [6, 6.07) is 0. The summed E-state index contributed by atoms with van der Waals surface area (Å²) in [6.07, 6.45) is 1.16. The fraction of sp³-hybridized carbons (Fsp3) is 0.200. The number of aromatic nitrogens is 1. The number of oxazole rings is 1. The van der Waals surface area contributed by atoms with Crippen molar-refractivity contribution >= 4 is 21.9 Å². The van der Waals surface area contributed by atoms with Crippen LogP contribution in [0.5, 0.6) is 0 Å². The fourth-order valence-corrected chi connectivity index (χ4v) is 0.809. The molecule has 1 aromatic rings. The summed E-state index contributed by atoms with van der Waals surface area (Å²) in [5.74, 6) is -0.513. The minimum atomic E-state index is -0.513. The molecule has 0 aromatic carbocycles. The van der Waals surface area contributed by atoms with Crippen molar-refractivity contribution in [2.24, 2.45) is 0 Å². The van der Waals surface area contributed by atoms with Crippen molar-refractivity contribution < 1.29 is 13.9 Å². The molecule has 54 valence electrons. The molecular formula is C5H4BrNO3. The lowest BCUT2D eigenvalue weighted by molar-refractivity contribution is 0.0592. The molecule has 5 heteroatoms. The second-order valence-corrected chi connectivity index (χ2v) is 2.19. The van der Waals surface area contributed by atoms with Crippen LogP contribution in [0.2, 0.25) is 0 Å². The fourth-order valence-electron chi connectivity index (χ4n) is 0.462. The first kappa shape index (κ1) is 7.27. The average Bonchev–Trinajstić information content (AvgIpc) is 2.34. The first-order valence-electron chi connectivity index (χ1n) is 2.43. The van der Waals surface area contributed by atoms with E-state index in [1.54, 1.807) is 0 Å². The van der Waals surface area contributed by atoms with Crippen molar-refractivity contribution in [2.45, 2.75) is 0 Å². The van der Waals surface area contributed by atoms with E-state index in [-0.39, 0.29) is 5.69 Å². The van der Waals surface area contributed by atoms with Crippen LogP contribution in [0.25, 0.3) is 0 Å². The van der Waals surface area contributed by atoms with Crippen LogP contribution in [0, 0.1) is 0 Å². The topological polar surface area (TPSA) is 52.3 Å². The van der Waals surface area contributed by atoms with Gasteiger partial charge in [0.05, 0.1) is 7.11 Å². The Hall–Kier alpha value is -0.840. The third-order valence-corrected chi connectivity index (χ3v) is 1.47. The number of methoxy groups -OCH3 is 1. The van der Waals surface area contributed by atoms with Gasteiger partial charge in [0.1, 0.15) is 0 Å². The lowest BCUT2D eigenvalue weighted by Gasteiger charge is -1.90. The van der Waals surface area contributed by atoms with Gasteiger partial charge < -0.3 is 9.15 Å².